The molecule has 11 heteroatoms. The standard InChI is InChI=1S/C39H43NO10/c1-4-48-38(45)37-27(18-42)31(22-14-23(17-41)33(44)25(15-22)20-9-10-29-21(13-20)11-12-40-29)32-35(47-3)26-16-30(39(2,46)24-7-5-6-8-24)49-34(26)28(19-43)36(32)50-37/h9-11,13,18,23-25,30,41,43,46H,4-8,12,14-17,19H2,1-3H3. The van der Waals surface area contributed by atoms with Crippen LogP contribution < -0.4 is 24.8 Å². The number of rotatable bonds is 9. The normalized spacial score (nSPS) is 25.4. The molecule has 3 N–H and O–H groups in total. The second-order valence-corrected chi connectivity index (χ2v) is 14.0. The summed E-state index contributed by atoms with van der Waals surface area (Å²) < 4.78 is 24.1. The van der Waals surface area contributed by atoms with Crippen molar-refractivity contribution in [1.29, 1.82) is 0 Å². The molecule has 2 aromatic carbocycles. The first-order chi connectivity index (χ1) is 24.2. The zero-order chi connectivity index (χ0) is 35.3. The van der Waals surface area contributed by atoms with Gasteiger partial charge in [0.1, 0.15) is 34.7 Å². The van der Waals surface area contributed by atoms with Gasteiger partial charge in [-0.05, 0) is 68.4 Å². The number of ether oxygens (including phenoxy) is 4. The molecule has 2 aliphatic carbocycles. The number of ketones is 1. The van der Waals surface area contributed by atoms with Gasteiger partial charge in [0.15, 0.2) is 6.29 Å². The van der Waals surface area contributed by atoms with Crippen LogP contribution >= 0.6 is 0 Å². The summed E-state index contributed by atoms with van der Waals surface area (Å²) in [6.45, 7) is 3.05. The number of esters is 1. The van der Waals surface area contributed by atoms with Crippen LogP contribution in [0.4, 0.5) is 0 Å². The summed E-state index contributed by atoms with van der Waals surface area (Å²) in [4.78, 5) is 44.9. The van der Waals surface area contributed by atoms with Crippen molar-refractivity contribution in [2.24, 2.45) is 16.8 Å². The zero-order valence-electron chi connectivity index (χ0n) is 28.6. The van der Waals surface area contributed by atoms with E-state index < -0.39 is 42.7 Å². The van der Waals surface area contributed by atoms with E-state index in [4.69, 9.17) is 18.9 Å². The number of methoxy groups -OCH3 is 1. The minimum atomic E-state index is -1.18. The highest BCUT2D eigenvalue weighted by Gasteiger charge is 2.49. The summed E-state index contributed by atoms with van der Waals surface area (Å²) in [5, 5.41) is 35.0. The molecule has 0 amide bonds. The Labute approximate surface area is 289 Å². The molecular formula is C39H43NO10. The molecule has 0 radical (unpaired) electrons. The van der Waals surface area contributed by atoms with Crippen molar-refractivity contribution in [3.05, 3.63) is 67.9 Å². The van der Waals surface area contributed by atoms with Gasteiger partial charge in [0.2, 0.25) is 5.76 Å². The zero-order valence-corrected chi connectivity index (χ0v) is 28.6. The fraction of sp³-hybridized carbons (Fsp3) is 0.487. The fourth-order valence-corrected chi connectivity index (χ4v) is 8.62. The Kier molecular flexibility index (Phi) is 9.17. The van der Waals surface area contributed by atoms with Crippen LogP contribution in [0.5, 0.6) is 17.2 Å². The molecule has 2 saturated carbocycles. The van der Waals surface area contributed by atoms with Crippen molar-refractivity contribution in [3.63, 3.8) is 0 Å². The molecule has 0 saturated heterocycles. The third kappa shape index (κ3) is 5.46. The molecule has 4 atom stereocenters. The van der Waals surface area contributed by atoms with Crippen LogP contribution in [0, 0.1) is 11.8 Å². The van der Waals surface area contributed by atoms with Gasteiger partial charge in [-0.2, -0.15) is 0 Å². The van der Waals surface area contributed by atoms with Crippen LogP contribution in [0.15, 0.2) is 40.1 Å². The van der Waals surface area contributed by atoms with Gasteiger partial charge in [-0.15, -0.1) is 0 Å². The Morgan fingerprint density at radius 3 is 2.60 bits per heavy atom. The Bertz CT molecular complexity index is 1950. The number of allylic oxidation sites excluding steroid dienone is 3. The average Bonchev–Trinajstić information content (AvgIpc) is 3.92. The van der Waals surface area contributed by atoms with Crippen molar-refractivity contribution in [3.8, 4) is 17.2 Å². The van der Waals surface area contributed by atoms with Gasteiger partial charge in [-0.3, -0.25) is 14.6 Å². The number of hydrogen-bond donors (Lipinski definition) is 3. The van der Waals surface area contributed by atoms with E-state index in [2.05, 4.69) is 4.99 Å². The first-order valence-electron chi connectivity index (χ1n) is 17.5. The number of carbonyl (C=O) groups is 3. The molecule has 3 aliphatic heterocycles. The number of aliphatic hydroxyl groups is 3. The van der Waals surface area contributed by atoms with Crippen molar-refractivity contribution in [2.45, 2.75) is 83.0 Å². The van der Waals surface area contributed by atoms with Gasteiger partial charge in [-0.25, -0.2) is 4.79 Å². The lowest BCUT2D eigenvalue weighted by Gasteiger charge is -2.35. The number of Topliss-reactive ketones (excluding diaryl/α,β-unsaturated/α-hetero) is 1. The maximum Gasteiger partial charge on any atom is 0.375 e. The van der Waals surface area contributed by atoms with Crippen LogP contribution in [0.1, 0.15) is 80.5 Å². The number of fused-ring (bicyclic) bond motifs is 3. The topological polar surface area (TPSA) is 161 Å². The largest absolute Gasteiger partial charge is 0.496 e. The Morgan fingerprint density at radius 1 is 1.14 bits per heavy atom. The number of aldehydes is 1. The summed E-state index contributed by atoms with van der Waals surface area (Å²) in [7, 11) is 1.49. The molecule has 264 valence electrons. The molecule has 3 heterocycles. The van der Waals surface area contributed by atoms with Gasteiger partial charge in [0, 0.05) is 29.4 Å². The van der Waals surface area contributed by atoms with E-state index in [0.29, 0.717) is 46.6 Å². The van der Waals surface area contributed by atoms with E-state index in [1.165, 1.54) is 7.11 Å². The summed E-state index contributed by atoms with van der Waals surface area (Å²) in [6.07, 6.45) is 6.26. The highest BCUT2D eigenvalue weighted by Crippen LogP contribution is 2.57. The maximum atomic E-state index is 13.9. The maximum absolute atomic E-state index is 13.9. The second-order valence-electron chi connectivity index (χ2n) is 14.0. The first kappa shape index (κ1) is 34.1. The van der Waals surface area contributed by atoms with E-state index >= 15 is 0 Å². The SMILES string of the molecule is CCOC(=O)C1=C(C=O)C(=C2CC(CO)C(=O)C(c3ccc4c(c3)=CCN=4)C2)c2c(OC)c3c(c(CO)c2O1)OC(C(C)(O)C1CCCC1)C3. The van der Waals surface area contributed by atoms with Gasteiger partial charge < -0.3 is 34.3 Å². The third-order valence-corrected chi connectivity index (χ3v) is 11.2. The van der Waals surface area contributed by atoms with E-state index in [0.717, 1.165) is 41.8 Å². The molecule has 2 aromatic rings. The lowest BCUT2D eigenvalue weighted by molar-refractivity contribution is -0.141. The number of aliphatic hydroxyl groups excluding tert-OH is 2. The molecule has 0 aromatic heterocycles. The van der Waals surface area contributed by atoms with Crippen LogP contribution in [0.2, 0.25) is 0 Å². The summed E-state index contributed by atoms with van der Waals surface area (Å²) in [5.41, 5.74) is 1.67. The number of benzene rings is 2. The quantitative estimate of drug-likeness (QED) is 0.265. The highest BCUT2D eigenvalue weighted by atomic mass is 16.6. The molecule has 11 nitrogen and oxygen atoms in total. The third-order valence-electron chi connectivity index (χ3n) is 11.2. The van der Waals surface area contributed by atoms with E-state index in [1.54, 1.807) is 13.8 Å². The van der Waals surface area contributed by atoms with Crippen molar-refractivity contribution in [2.75, 3.05) is 26.9 Å². The molecule has 7 rings (SSSR count). The van der Waals surface area contributed by atoms with Crippen LogP contribution in [-0.4, -0.2) is 71.9 Å². The van der Waals surface area contributed by atoms with Gasteiger partial charge in [0.05, 0.1) is 55.5 Å². The van der Waals surface area contributed by atoms with Crippen LogP contribution in [0.25, 0.3) is 11.6 Å². The smallest absolute Gasteiger partial charge is 0.375 e. The van der Waals surface area contributed by atoms with E-state index in [-0.39, 0.29) is 60.2 Å². The number of carbonyl (C=O) groups excluding carboxylic acids is 3. The van der Waals surface area contributed by atoms with Gasteiger partial charge in [0.25, 0.3) is 0 Å². The summed E-state index contributed by atoms with van der Waals surface area (Å²) >= 11 is 0. The lowest BCUT2D eigenvalue weighted by atomic mass is 9.71. The number of nitrogens with zero attached hydrogens (tertiary/aromatic N) is 1. The second kappa shape index (κ2) is 13.4. The average molecular weight is 686 g/mol. The minimum Gasteiger partial charge on any atom is -0.496 e. The van der Waals surface area contributed by atoms with Crippen molar-refractivity contribution >= 4 is 29.7 Å². The van der Waals surface area contributed by atoms with Crippen LogP contribution in [-0.2, 0) is 32.1 Å². The predicted octanol–water partition coefficient (Wildman–Crippen LogP) is 2.76. The molecule has 0 bridgehead atoms. The highest BCUT2D eigenvalue weighted by molar-refractivity contribution is 6.11. The molecule has 5 aliphatic rings. The fourth-order valence-electron chi connectivity index (χ4n) is 8.62. The van der Waals surface area contributed by atoms with Gasteiger partial charge >= 0.3 is 5.97 Å². The summed E-state index contributed by atoms with van der Waals surface area (Å²) in [5.74, 6) is -2.05. The Balaban J connectivity index is 1.45. The van der Waals surface area contributed by atoms with E-state index in [1.807, 2.05) is 24.3 Å². The predicted molar refractivity (Wildman–Crippen MR) is 181 cm³/mol. The molecule has 2 fully saturated rings. The lowest BCUT2D eigenvalue weighted by Crippen LogP contribution is -2.47. The molecule has 4 unspecified atom stereocenters. The Hall–Kier alpha value is -4.32. The van der Waals surface area contributed by atoms with E-state index in [9.17, 15) is 29.7 Å². The van der Waals surface area contributed by atoms with Crippen LogP contribution in [0.3, 0.4) is 0 Å². The molecule has 0 spiro atoms. The molecule has 50 heavy (non-hydrogen) atoms. The van der Waals surface area contributed by atoms with Crippen molar-refractivity contribution < 1.29 is 48.7 Å². The minimum absolute atomic E-state index is 0.0167. The Morgan fingerprint density at radius 2 is 1.92 bits per heavy atom. The number of hydrogen-bond acceptors (Lipinski definition) is 11. The van der Waals surface area contributed by atoms with Crippen molar-refractivity contribution in [1.82, 2.24) is 0 Å². The monoisotopic (exact) mass is 685 g/mol. The first-order valence-corrected chi connectivity index (χ1v) is 17.5. The summed E-state index contributed by atoms with van der Waals surface area (Å²) in [6, 6.07) is 5.70. The molecular weight excluding hydrogens is 642 g/mol. The van der Waals surface area contributed by atoms with Gasteiger partial charge in [-0.1, -0.05) is 30.6 Å².